The number of benzene rings is 8. The van der Waals surface area contributed by atoms with Gasteiger partial charge < -0.3 is 21.1 Å². The molecule has 332 valence electrons. The monoisotopic (exact) mass is 983 g/mol. The summed E-state index contributed by atoms with van der Waals surface area (Å²) in [4.78, 5) is 11.5. The minimum Gasteiger partial charge on any atom is -0.478 e. The predicted molar refractivity (Wildman–Crippen MR) is 273 cm³/mol. The number of carbonyl (C=O) groups is 1. The first-order valence-electron chi connectivity index (χ1n) is 20.5. The first-order valence-corrected chi connectivity index (χ1v) is 22.0. The van der Waals surface area contributed by atoms with Crippen LogP contribution in [0.5, 0.6) is 0 Å². The Morgan fingerprint density at radius 3 is 1.26 bits per heavy atom. The molecular formula is C55H43BrCl2F3N3O2. The van der Waals surface area contributed by atoms with Crippen LogP contribution in [0.3, 0.4) is 0 Å². The van der Waals surface area contributed by atoms with Gasteiger partial charge in [0.05, 0.1) is 11.3 Å². The summed E-state index contributed by atoms with van der Waals surface area (Å²) >= 11 is 15.4. The first kappa shape index (κ1) is 48.4. The van der Waals surface area contributed by atoms with Crippen LogP contribution in [0, 0.1) is 31.3 Å². The van der Waals surface area contributed by atoms with Gasteiger partial charge in [-0.05, 0) is 175 Å². The van der Waals surface area contributed by atoms with Crippen molar-refractivity contribution in [3.05, 3.63) is 247 Å². The van der Waals surface area contributed by atoms with E-state index in [0.29, 0.717) is 16.4 Å². The van der Waals surface area contributed by atoms with Crippen LogP contribution < -0.4 is 16.0 Å². The fourth-order valence-electron chi connectivity index (χ4n) is 6.23. The van der Waals surface area contributed by atoms with E-state index in [4.69, 9.17) is 23.2 Å². The summed E-state index contributed by atoms with van der Waals surface area (Å²) in [5, 5.41) is 20.3. The van der Waals surface area contributed by atoms with Crippen molar-refractivity contribution in [1.29, 1.82) is 0 Å². The molecule has 0 aliphatic carbocycles. The molecule has 0 aliphatic rings. The topological polar surface area (TPSA) is 73.4 Å². The molecule has 5 nitrogen and oxygen atoms in total. The van der Waals surface area contributed by atoms with Gasteiger partial charge in [-0.2, -0.15) is 0 Å². The average molecular weight is 986 g/mol. The molecule has 0 aromatic heterocycles. The van der Waals surface area contributed by atoms with Crippen LogP contribution in [0.2, 0.25) is 10.0 Å². The van der Waals surface area contributed by atoms with Gasteiger partial charge >= 0.3 is 5.97 Å². The number of rotatable bonds is 11. The molecule has 0 saturated carbocycles. The predicted octanol–water partition coefficient (Wildman–Crippen LogP) is 17.4. The molecule has 0 spiro atoms. The summed E-state index contributed by atoms with van der Waals surface area (Å²) in [6, 6.07) is 50.7. The molecule has 0 saturated heterocycles. The number of halogens is 6. The van der Waals surface area contributed by atoms with E-state index in [1.165, 1.54) is 42.5 Å². The molecule has 4 N–H and O–H groups in total. The van der Waals surface area contributed by atoms with Crippen molar-refractivity contribution >= 4 is 104 Å². The molecule has 8 aromatic carbocycles. The quantitative estimate of drug-likeness (QED) is 0.0972. The summed E-state index contributed by atoms with van der Waals surface area (Å²) in [6.45, 7) is 4.06. The molecule has 0 heterocycles. The fraction of sp³-hybridized carbons (Fsp3) is 0.0364. The molecule has 8 aromatic rings. The second-order valence-electron chi connectivity index (χ2n) is 14.8. The molecule has 0 fully saturated rings. The van der Waals surface area contributed by atoms with Crippen LogP contribution in [-0.4, -0.2) is 11.1 Å². The van der Waals surface area contributed by atoms with Gasteiger partial charge in [0, 0.05) is 43.0 Å². The largest absolute Gasteiger partial charge is 0.478 e. The van der Waals surface area contributed by atoms with E-state index in [0.717, 1.165) is 65.6 Å². The third-order valence-electron chi connectivity index (χ3n) is 9.74. The number of hydrogen-bond acceptors (Lipinski definition) is 4. The number of carboxylic acids is 1. The second-order valence-corrected chi connectivity index (χ2v) is 16.6. The fourth-order valence-corrected chi connectivity index (χ4v) is 6.99. The summed E-state index contributed by atoms with van der Waals surface area (Å²) in [7, 11) is 0. The molecule has 0 bridgehead atoms. The van der Waals surface area contributed by atoms with Crippen molar-refractivity contribution in [3.8, 4) is 0 Å². The minimum atomic E-state index is -1.04. The lowest BCUT2D eigenvalue weighted by atomic mass is 10.1. The van der Waals surface area contributed by atoms with Crippen LogP contribution in [0.15, 0.2) is 180 Å². The van der Waals surface area contributed by atoms with E-state index in [-0.39, 0.29) is 23.0 Å². The molecule has 66 heavy (non-hydrogen) atoms. The number of aryl methyl sites for hydroxylation is 2. The summed E-state index contributed by atoms with van der Waals surface area (Å²) in [6.07, 6.45) is 7.83. The molecule has 0 radical (unpaired) electrons. The van der Waals surface area contributed by atoms with E-state index in [2.05, 4.69) is 50.1 Å². The summed E-state index contributed by atoms with van der Waals surface area (Å²) in [5.74, 6) is -1.86. The van der Waals surface area contributed by atoms with Crippen molar-refractivity contribution < 1.29 is 23.1 Å². The minimum absolute atomic E-state index is 0.134. The molecule has 0 aliphatic heterocycles. The van der Waals surface area contributed by atoms with E-state index < -0.39 is 5.97 Å². The Morgan fingerprint density at radius 1 is 0.470 bits per heavy atom. The molecule has 0 atom stereocenters. The molecule has 0 amide bonds. The van der Waals surface area contributed by atoms with Crippen molar-refractivity contribution in [2.45, 2.75) is 13.8 Å². The van der Waals surface area contributed by atoms with Gasteiger partial charge in [0.15, 0.2) is 0 Å². The van der Waals surface area contributed by atoms with Gasteiger partial charge in [0.25, 0.3) is 0 Å². The second kappa shape index (κ2) is 23.8. The van der Waals surface area contributed by atoms with Gasteiger partial charge in [0.2, 0.25) is 0 Å². The molecule has 11 heteroatoms. The van der Waals surface area contributed by atoms with Gasteiger partial charge in [-0.15, -0.1) is 0 Å². The zero-order chi connectivity index (χ0) is 47.0. The van der Waals surface area contributed by atoms with Crippen LogP contribution in [0.4, 0.5) is 47.3 Å². The maximum absolute atomic E-state index is 13.0. The molecule has 0 unspecified atom stereocenters. The highest BCUT2D eigenvalue weighted by Gasteiger charge is 2.11. The smallest absolute Gasteiger partial charge is 0.337 e. The van der Waals surface area contributed by atoms with Gasteiger partial charge in [-0.25, -0.2) is 18.0 Å². The van der Waals surface area contributed by atoms with Crippen LogP contribution in [-0.2, 0) is 0 Å². The average Bonchev–Trinajstić information content (AvgIpc) is 3.30. The number of anilines is 6. The molecular weight excluding hydrogens is 942 g/mol. The third kappa shape index (κ3) is 15.3. The molecule has 8 rings (SSSR count). The van der Waals surface area contributed by atoms with Crippen molar-refractivity contribution in [3.63, 3.8) is 0 Å². The first-order chi connectivity index (χ1) is 31.8. The van der Waals surface area contributed by atoms with E-state index >= 15 is 0 Å². The van der Waals surface area contributed by atoms with Gasteiger partial charge in [0.1, 0.15) is 17.5 Å². The standard InChI is InChI=1S/C21H15ClFNO2.C21H17ClFN.C13H11BrFN/c22-16-3-1-2-14(12-16)4-5-15-6-11-19(21(25)26)20(13-15)24-18-9-7-17(23)8-10-18;1-15-5-6-17(8-7-16-3-2-4-18(22)13-16)14-21(15)24-20-11-9-19(23)10-12-20;1-9-2-3-10(14)8-13(9)16-12-6-4-11(15)5-7-12/h1-13,24H,(H,25,26);2-14,24H,1H3;2-8,16H,1H3/b5-4+;8-7+;. The highest BCUT2D eigenvalue weighted by molar-refractivity contribution is 9.10. The summed E-state index contributed by atoms with van der Waals surface area (Å²) in [5.41, 5.74) is 11.1. The Balaban J connectivity index is 0.000000168. The van der Waals surface area contributed by atoms with Crippen molar-refractivity contribution in [2.24, 2.45) is 0 Å². The van der Waals surface area contributed by atoms with E-state index in [1.807, 2.05) is 98.8 Å². The SMILES string of the molecule is Cc1ccc(/C=C/c2cccc(Cl)c2)cc1Nc1ccc(F)cc1.Cc1ccc(Br)cc1Nc1ccc(F)cc1.O=C(O)c1ccc(/C=C/c2cccc(Cl)c2)cc1Nc1ccc(F)cc1. The number of carboxylic acid groups (broad SMARTS) is 1. The zero-order valence-corrected chi connectivity index (χ0v) is 38.8. The lowest BCUT2D eigenvalue weighted by Crippen LogP contribution is -2.03. The Bertz CT molecular complexity index is 2960. The van der Waals surface area contributed by atoms with Gasteiger partial charge in [-0.3, -0.25) is 0 Å². The van der Waals surface area contributed by atoms with Crippen LogP contribution >= 0.6 is 39.1 Å². The Labute approximate surface area is 401 Å². The summed E-state index contributed by atoms with van der Waals surface area (Å²) < 4.78 is 39.8. The number of hydrogen-bond donors (Lipinski definition) is 4. The van der Waals surface area contributed by atoms with Crippen molar-refractivity contribution in [2.75, 3.05) is 16.0 Å². The van der Waals surface area contributed by atoms with Crippen molar-refractivity contribution in [1.82, 2.24) is 0 Å². The van der Waals surface area contributed by atoms with Crippen LogP contribution in [0.25, 0.3) is 24.3 Å². The van der Waals surface area contributed by atoms with Gasteiger partial charge in [-0.1, -0.05) is 112 Å². The van der Waals surface area contributed by atoms with E-state index in [9.17, 15) is 23.1 Å². The lowest BCUT2D eigenvalue weighted by Gasteiger charge is -2.11. The maximum Gasteiger partial charge on any atom is 0.337 e. The Kier molecular flexibility index (Phi) is 17.4. The third-order valence-corrected chi connectivity index (χ3v) is 10.7. The lowest BCUT2D eigenvalue weighted by molar-refractivity contribution is 0.0698. The highest BCUT2D eigenvalue weighted by Crippen LogP contribution is 2.27. The Hall–Kier alpha value is -7.04. The Morgan fingerprint density at radius 2 is 0.833 bits per heavy atom. The zero-order valence-electron chi connectivity index (χ0n) is 35.7. The number of aromatic carboxylic acids is 1. The number of nitrogens with one attached hydrogen (secondary N) is 3. The van der Waals surface area contributed by atoms with Crippen LogP contribution in [0.1, 0.15) is 43.7 Å². The normalized spacial score (nSPS) is 10.7. The highest BCUT2D eigenvalue weighted by atomic mass is 79.9. The van der Waals surface area contributed by atoms with E-state index in [1.54, 1.807) is 54.6 Å². The maximum atomic E-state index is 13.0.